The van der Waals surface area contributed by atoms with Crippen molar-refractivity contribution in [2.45, 2.75) is 26.8 Å². The van der Waals surface area contributed by atoms with Gasteiger partial charge >= 0.3 is 14.0 Å². The number of anilines is 1. The van der Waals surface area contributed by atoms with Gasteiger partial charge < -0.3 is 19.8 Å². The van der Waals surface area contributed by atoms with Crippen LogP contribution in [-0.4, -0.2) is 45.2 Å². The minimum absolute atomic E-state index is 0.168. The quantitative estimate of drug-likeness (QED) is 0.151. The normalized spacial score (nSPS) is 11.9. The highest BCUT2D eigenvalue weighted by Gasteiger charge is 2.20. The number of rotatable bonds is 11. The largest absolute Gasteiger partial charge is 0.568 e. The van der Waals surface area contributed by atoms with E-state index >= 15 is 0 Å². The number of ether oxygens (including phenoxy) is 2. The van der Waals surface area contributed by atoms with Crippen LogP contribution in [0.2, 0.25) is 0 Å². The van der Waals surface area contributed by atoms with Gasteiger partial charge in [0.05, 0.1) is 12.9 Å². The summed E-state index contributed by atoms with van der Waals surface area (Å²) >= 11 is 0. The van der Waals surface area contributed by atoms with Crippen molar-refractivity contribution >= 4 is 31.0 Å². The summed E-state index contributed by atoms with van der Waals surface area (Å²) in [5, 5.41) is 0. The van der Waals surface area contributed by atoms with Crippen molar-refractivity contribution in [2.75, 3.05) is 25.5 Å². The van der Waals surface area contributed by atoms with Gasteiger partial charge in [-0.15, -0.1) is 4.89 Å². The number of hydrogen-bond donors (Lipinski definition) is 1. The summed E-state index contributed by atoms with van der Waals surface area (Å²) in [6, 6.07) is 0. The maximum absolute atomic E-state index is 11.6. The standard InChI is InChI=1S/C14H21N5O6P/c1-10(2)5-11(20)23-8-24-25-26(21)9-22-4-3-19-7-18-12-13(15)16-6-17-14(12)19/h6-7,10H,3-5,8-9H2,1-2H3,(H2,15,16,17)/q+1. The highest BCUT2D eigenvalue weighted by atomic mass is 31.1. The lowest BCUT2D eigenvalue weighted by atomic mass is 10.1. The van der Waals surface area contributed by atoms with Gasteiger partial charge in [0.1, 0.15) is 11.8 Å². The second kappa shape index (κ2) is 10.1. The molecule has 0 aliphatic carbocycles. The van der Waals surface area contributed by atoms with E-state index in [1.165, 1.54) is 6.33 Å². The molecule has 2 aromatic heterocycles. The van der Waals surface area contributed by atoms with E-state index in [-0.39, 0.29) is 25.3 Å². The van der Waals surface area contributed by atoms with Gasteiger partial charge in [0.25, 0.3) is 6.35 Å². The van der Waals surface area contributed by atoms with Gasteiger partial charge in [0.2, 0.25) is 6.79 Å². The van der Waals surface area contributed by atoms with E-state index in [1.807, 2.05) is 13.8 Å². The second-order valence-corrected chi connectivity index (χ2v) is 6.74. The van der Waals surface area contributed by atoms with Crippen LogP contribution in [0.5, 0.6) is 0 Å². The minimum atomic E-state index is -2.19. The Morgan fingerprint density at radius 1 is 1.35 bits per heavy atom. The molecule has 0 aromatic carbocycles. The van der Waals surface area contributed by atoms with Crippen molar-refractivity contribution in [1.29, 1.82) is 0 Å². The minimum Gasteiger partial charge on any atom is -0.435 e. The van der Waals surface area contributed by atoms with Crippen LogP contribution in [-0.2, 0) is 34.9 Å². The van der Waals surface area contributed by atoms with Crippen LogP contribution in [0.3, 0.4) is 0 Å². The molecule has 0 saturated heterocycles. The number of esters is 1. The average molecular weight is 386 g/mol. The van der Waals surface area contributed by atoms with Crippen molar-refractivity contribution in [2.24, 2.45) is 5.92 Å². The molecule has 1 atom stereocenters. The number of nitrogen functional groups attached to an aromatic ring is 1. The second-order valence-electron chi connectivity index (χ2n) is 5.66. The first-order chi connectivity index (χ1) is 12.5. The zero-order valence-corrected chi connectivity index (χ0v) is 15.4. The number of nitrogens with zero attached hydrogens (tertiary/aromatic N) is 4. The molecule has 0 fully saturated rings. The zero-order chi connectivity index (χ0) is 18.9. The number of hydrogen-bond acceptors (Lipinski definition) is 10. The van der Waals surface area contributed by atoms with Crippen LogP contribution in [0.15, 0.2) is 12.7 Å². The molecule has 0 amide bonds. The number of carbonyl (C=O) groups excluding carboxylic acids is 1. The maximum Gasteiger partial charge on any atom is 0.568 e. The van der Waals surface area contributed by atoms with Crippen LogP contribution >= 0.6 is 8.03 Å². The monoisotopic (exact) mass is 386 g/mol. The van der Waals surface area contributed by atoms with Crippen molar-refractivity contribution < 1.29 is 28.4 Å². The number of aromatic nitrogens is 4. The number of nitrogens with two attached hydrogens (primary N) is 1. The molecule has 2 rings (SSSR count). The molecule has 0 radical (unpaired) electrons. The molecular weight excluding hydrogens is 365 g/mol. The van der Waals surface area contributed by atoms with Crippen LogP contribution in [0.1, 0.15) is 20.3 Å². The summed E-state index contributed by atoms with van der Waals surface area (Å²) in [6.07, 6.45) is 3.04. The molecular formula is C14H21N5O6P+. The fraction of sp³-hybridized carbons (Fsp3) is 0.571. The molecule has 142 valence electrons. The summed E-state index contributed by atoms with van der Waals surface area (Å²) < 4.78 is 27.9. The van der Waals surface area contributed by atoms with Crippen molar-refractivity contribution in [3.63, 3.8) is 0 Å². The van der Waals surface area contributed by atoms with E-state index in [0.29, 0.717) is 23.5 Å². The molecule has 0 aliphatic rings. The molecule has 0 spiro atoms. The first-order valence-electron chi connectivity index (χ1n) is 7.86. The topological polar surface area (TPSA) is 141 Å². The summed E-state index contributed by atoms with van der Waals surface area (Å²) in [6.45, 7) is 4.05. The van der Waals surface area contributed by atoms with Crippen molar-refractivity contribution in [1.82, 2.24) is 19.5 Å². The van der Waals surface area contributed by atoms with E-state index in [0.717, 1.165) is 0 Å². The molecule has 0 bridgehead atoms. The molecule has 2 N–H and O–H groups in total. The van der Waals surface area contributed by atoms with Crippen LogP contribution in [0.25, 0.3) is 11.2 Å². The Labute approximate surface area is 150 Å². The highest BCUT2D eigenvalue weighted by Crippen LogP contribution is 2.22. The Balaban J connectivity index is 1.60. The van der Waals surface area contributed by atoms with Gasteiger partial charge in [-0.3, -0.25) is 4.79 Å². The predicted molar refractivity (Wildman–Crippen MR) is 90.7 cm³/mol. The average Bonchev–Trinajstić information content (AvgIpc) is 2.99. The van der Waals surface area contributed by atoms with Gasteiger partial charge in [-0.05, 0) is 10.5 Å². The Bertz CT molecular complexity index is 753. The summed E-state index contributed by atoms with van der Waals surface area (Å²) in [7, 11) is -2.19. The van der Waals surface area contributed by atoms with Crippen LogP contribution in [0.4, 0.5) is 5.82 Å². The first kappa shape index (κ1) is 20.1. The molecule has 2 aromatic rings. The molecule has 0 saturated carbocycles. The summed E-state index contributed by atoms with van der Waals surface area (Å²) in [5.41, 5.74) is 6.81. The maximum atomic E-state index is 11.6. The third-order valence-electron chi connectivity index (χ3n) is 3.08. The smallest absolute Gasteiger partial charge is 0.435 e. The van der Waals surface area contributed by atoms with Crippen molar-refractivity contribution in [3.8, 4) is 0 Å². The molecule has 2 heterocycles. The summed E-state index contributed by atoms with van der Waals surface area (Å²) in [4.78, 5) is 27.9. The first-order valence-corrected chi connectivity index (χ1v) is 9.22. The van der Waals surface area contributed by atoms with Crippen LogP contribution in [0, 0.1) is 5.92 Å². The van der Waals surface area contributed by atoms with Gasteiger partial charge in [0.15, 0.2) is 11.5 Å². The molecule has 26 heavy (non-hydrogen) atoms. The summed E-state index contributed by atoms with van der Waals surface area (Å²) in [5.74, 6) is 0.0773. The van der Waals surface area contributed by atoms with E-state index in [4.69, 9.17) is 15.2 Å². The predicted octanol–water partition coefficient (Wildman–Crippen LogP) is 1.62. The van der Waals surface area contributed by atoms with E-state index in [1.54, 1.807) is 10.9 Å². The Morgan fingerprint density at radius 3 is 2.92 bits per heavy atom. The van der Waals surface area contributed by atoms with E-state index < -0.39 is 20.8 Å². The lowest BCUT2D eigenvalue weighted by Crippen LogP contribution is -2.10. The lowest BCUT2D eigenvalue weighted by molar-refractivity contribution is -0.258. The number of imidazole rings is 1. The molecule has 0 aliphatic heterocycles. The van der Waals surface area contributed by atoms with Gasteiger partial charge in [-0.2, -0.15) is 0 Å². The van der Waals surface area contributed by atoms with Crippen molar-refractivity contribution in [3.05, 3.63) is 12.7 Å². The van der Waals surface area contributed by atoms with Gasteiger partial charge in [0, 0.05) is 17.6 Å². The zero-order valence-electron chi connectivity index (χ0n) is 14.5. The third-order valence-corrected chi connectivity index (χ3v) is 3.75. The molecule has 1 unspecified atom stereocenters. The SMILES string of the molecule is CC(C)CC(=O)OCOO[P+](=O)COCCn1cnc2c(N)ncnc21. The van der Waals surface area contributed by atoms with E-state index in [9.17, 15) is 9.36 Å². The Hall–Kier alpha value is -2.20. The van der Waals surface area contributed by atoms with E-state index in [2.05, 4.69) is 24.5 Å². The van der Waals surface area contributed by atoms with Gasteiger partial charge in [-0.25, -0.2) is 15.0 Å². The van der Waals surface area contributed by atoms with Gasteiger partial charge in [-0.1, -0.05) is 13.8 Å². The number of carbonyl (C=O) groups is 1. The van der Waals surface area contributed by atoms with Crippen LogP contribution < -0.4 is 5.73 Å². The fourth-order valence-corrected chi connectivity index (χ4v) is 2.43. The Morgan fingerprint density at radius 2 is 2.15 bits per heavy atom. The molecule has 12 heteroatoms. The number of fused-ring (bicyclic) bond motifs is 1. The Kier molecular flexibility index (Phi) is 7.79. The third kappa shape index (κ3) is 6.26. The highest BCUT2D eigenvalue weighted by molar-refractivity contribution is 7.38. The lowest BCUT2D eigenvalue weighted by Gasteiger charge is -2.04. The molecule has 11 nitrogen and oxygen atoms in total. The fourth-order valence-electron chi connectivity index (χ4n) is 1.95.